The third-order valence-corrected chi connectivity index (χ3v) is 2.78. The third kappa shape index (κ3) is 1.25. The largest absolute Gasteiger partial charge is 0.499 e. The molecule has 0 bridgehead atoms. The van der Waals surface area contributed by atoms with Crippen molar-refractivity contribution in [1.29, 1.82) is 0 Å². The van der Waals surface area contributed by atoms with E-state index in [9.17, 15) is 9.90 Å². The van der Waals surface area contributed by atoms with Crippen molar-refractivity contribution < 1.29 is 9.90 Å². The number of aromatic hydroxyl groups is 1. The zero-order valence-corrected chi connectivity index (χ0v) is 7.47. The highest BCUT2D eigenvalue weighted by Crippen LogP contribution is 2.33. The molecule has 0 radical (unpaired) electrons. The van der Waals surface area contributed by atoms with Gasteiger partial charge >= 0.3 is 0 Å². The molecule has 66 valence electrons. The average molecular weight is 193 g/mol. The summed E-state index contributed by atoms with van der Waals surface area (Å²) in [6.45, 7) is 0. The molecule has 0 aliphatic heterocycles. The highest BCUT2D eigenvalue weighted by molar-refractivity contribution is 7.21. The standard InChI is InChI=1S/C9H7NO2S/c10-7-1-5-3-8(12)13-9(5)6(2-7)4-11/h1-4,12H,10H2. The number of hydrogen-bond acceptors (Lipinski definition) is 4. The maximum atomic E-state index is 10.7. The second-order valence-electron chi connectivity index (χ2n) is 2.73. The SMILES string of the molecule is Nc1cc(C=O)c2sc(O)cc2c1. The van der Waals surface area contributed by atoms with E-state index in [-0.39, 0.29) is 5.06 Å². The maximum Gasteiger partial charge on any atom is 0.172 e. The molecule has 2 aromatic rings. The molecule has 0 atom stereocenters. The normalized spacial score (nSPS) is 10.5. The van der Waals surface area contributed by atoms with Crippen molar-refractivity contribution in [3.8, 4) is 5.06 Å². The second-order valence-corrected chi connectivity index (χ2v) is 3.76. The van der Waals surface area contributed by atoms with Gasteiger partial charge < -0.3 is 10.8 Å². The molecule has 0 spiro atoms. The van der Waals surface area contributed by atoms with E-state index in [1.165, 1.54) is 11.3 Å². The van der Waals surface area contributed by atoms with Crippen LogP contribution in [0.1, 0.15) is 10.4 Å². The van der Waals surface area contributed by atoms with Crippen LogP contribution in [0.3, 0.4) is 0 Å². The number of nitrogens with two attached hydrogens (primary N) is 1. The van der Waals surface area contributed by atoms with Gasteiger partial charge in [0.15, 0.2) is 11.3 Å². The van der Waals surface area contributed by atoms with E-state index in [1.807, 2.05) is 0 Å². The number of carbonyl (C=O) groups is 1. The van der Waals surface area contributed by atoms with Gasteiger partial charge in [0.25, 0.3) is 0 Å². The molecule has 0 saturated carbocycles. The Balaban J connectivity index is 2.88. The van der Waals surface area contributed by atoms with E-state index in [4.69, 9.17) is 5.73 Å². The number of aldehydes is 1. The van der Waals surface area contributed by atoms with Gasteiger partial charge in [0.1, 0.15) is 0 Å². The molecule has 0 aliphatic carbocycles. The monoisotopic (exact) mass is 193 g/mol. The molecule has 3 nitrogen and oxygen atoms in total. The van der Waals surface area contributed by atoms with Gasteiger partial charge in [0, 0.05) is 16.0 Å². The van der Waals surface area contributed by atoms with Gasteiger partial charge in [-0.3, -0.25) is 4.79 Å². The van der Waals surface area contributed by atoms with Gasteiger partial charge in [0.2, 0.25) is 0 Å². The zero-order valence-electron chi connectivity index (χ0n) is 6.65. The molecule has 0 fully saturated rings. The van der Waals surface area contributed by atoms with Gasteiger partial charge in [-0.25, -0.2) is 0 Å². The van der Waals surface area contributed by atoms with Crippen LogP contribution in [0.15, 0.2) is 18.2 Å². The minimum atomic E-state index is 0.198. The Morgan fingerprint density at radius 2 is 2.15 bits per heavy atom. The molecule has 1 aromatic carbocycles. The molecule has 0 saturated heterocycles. The molecule has 1 aromatic heterocycles. The van der Waals surface area contributed by atoms with Crippen molar-refractivity contribution in [3.63, 3.8) is 0 Å². The summed E-state index contributed by atoms with van der Waals surface area (Å²) in [7, 11) is 0. The Labute approximate surface area is 78.4 Å². The topological polar surface area (TPSA) is 63.3 Å². The van der Waals surface area contributed by atoms with Crippen molar-refractivity contribution in [2.45, 2.75) is 0 Å². The number of nitrogen functional groups attached to an aromatic ring is 1. The second kappa shape index (κ2) is 2.74. The molecule has 2 rings (SSSR count). The molecule has 1 heterocycles. The summed E-state index contributed by atoms with van der Waals surface area (Å²) in [4.78, 5) is 10.7. The van der Waals surface area contributed by atoms with Crippen LogP contribution in [0.2, 0.25) is 0 Å². The average Bonchev–Trinajstić information content (AvgIpc) is 2.43. The first-order chi connectivity index (χ1) is 6.20. The molecule has 3 N–H and O–H groups in total. The molecule has 0 amide bonds. The van der Waals surface area contributed by atoms with Crippen LogP contribution in [0.25, 0.3) is 10.1 Å². The summed E-state index contributed by atoms with van der Waals surface area (Å²) in [6, 6.07) is 4.94. The van der Waals surface area contributed by atoms with E-state index in [1.54, 1.807) is 18.2 Å². The van der Waals surface area contributed by atoms with Crippen molar-refractivity contribution in [2.75, 3.05) is 5.73 Å². The summed E-state index contributed by atoms with van der Waals surface area (Å²) in [5.74, 6) is 0. The van der Waals surface area contributed by atoms with E-state index in [0.29, 0.717) is 11.3 Å². The lowest BCUT2D eigenvalue weighted by atomic mass is 10.1. The van der Waals surface area contributed by atoms with Crippen LogP contribution in [-0.2, 0) is 0 Å². The fourth-order valence-electron chi connectivity index (χ4n) is 1.28. The lowest BCUT2D eigenvalue weighted by Crippen LogP contribution is -1.87. The third-order valence-electron chi connectivity index (χ3n) is 1.78. The predicted molar refractivity (Wildman–Crippen MR) is 53.3 cm³/mol. The minimum absolute atomic E-state index is 0.198. The van der Waals surface area contributed by atoms with Crippen LogP contribution in [0, 0.1) is 0 Å². The molecular weight excluding hydrogens is 186 g/mol. The number of rotatable bonds is 1. The lowest BCUT2D eigenvalue weighted by Gasteiger charge is -1.96. The summed E-state index contributed by atoms with van der Waals surface area (Å²) in [5.41, 5.74) is 6.64. The molecule has 0 aliphatic rings. The highest BCUT2D eigenvalue weighted by Gasteiger charge is 2.06. The van der Waals surface area contributed by atoms with Crippen LogP contribution in [0.5, 0.6) is 5.06 Å². The number of thiophene rings is 1. The summed E-state index contributed by atoms with van der Waals surface area (Å²) < 4.78 is 0.779. The number of benzene rings is 1. The fourth-order valence-corrected chi connectivity index (χ4v) is 2.13. The van der Waals surface area contributed by atoms with Gasteiger partial charge in [-0.1, -0.05) is 11.3 Å². The predicted octanol–water partition coefficient (Wildman–Crippen LogP) is 2.00. The van der Waals surface area contributed by atoms with Crippen molar-refractivity contribution >= 4 is 33.4 Å². The Morgan fingerprint density at radius 1 is 1.38 bits per heavy atom. The van der Waals surface area contributed by atoms with Crippen LogP contribution < -0.4 is 5.73 Å². The zero-order chi connectivity index (χ0) is 9.42. The maximum absolute atomic E-state index is 10.7. The van der Waals surface area contributed by atoms with E-state index in [2.05, 4.69) is 0 Å². The molecule has 13 heavy (non-hydrogen) atoms. The van der Waals surface area contributed by atoms with Crippen molar-refractivity contribution in [1.82, 2.24) is 0 Å². The Morgan fingerprint density at radius 3 is 2.85 bits per heavy atom. The van der Waals surface area contributed by atoms with E-state index >= 15 is 0 Å². The van der Waals surface area contributed by atoms with Gasteiger partial charge in [0.05, 0.1) is 0 Å². The lowest BCUT2D eigenvalue weighted by molar-refractivity contribution is 0.112. The van der Waals surface area contributed by atoms with Crippen molar-refractivity contribution in [2.24, 2.45) is 0 Å². The Bertz CT molecular complexity index is 476. The van der Waals surface area contributed by atoms with Crippen LogP contribution in [-0.4, -0.2) is 11.4 Å². The first-order valence-corrected chi connectivity index (χ1v) is 4.49. The number of carbonyl (C=O) groups excluding carboxylic acids is 1. The molecule has 0 unspecified atom stereocenters. The number of hydrogen-bond donors (Lipinski definition) is 2. The van der Waals surface area contributed by atoms with Gasteiger partial charge in [-0.15, -0.1) is 0 Å². The summed E-state index contributed by atoms with van der Waals surface area (Å²) >= 11 is 1.18. The van der Waals surface area contributed by atoms with E-state index in [0.717, 1.165) is 16.4 Å². The fraction of sp³-hybridized carbons (Fsp3) is 0. The molecule has 4 heteroatoms. The quantitative estimate of drug-likeness (QED) is 0.537. The number of anilines is 1. The first-order valence-electron chi connectivity index (χ1n) is 3.68. The summed E-state index contributed by atoms with van der Waals surface area (Å²) in [6.07, 6.45) is 0.745. The minimum Gasteiger partial charge on any atom is -0.499 e. The van der Waals surface area contributed by atoms with Gasteiger partial charge in [-0.2, -0.15) is 0 Å². The first kappa shape index (κ1) is 8.07. The van der Waals surface area contributed by atoms with E-state index < -0.39 is 0 Å². The van der Waals surface area contributed by atoms with Crippen molar-refractivity contribution in [3.05, 3.63) is 23.8 Å². The Kier molecular flexibility index (Phi) is 1.70. The van der Waals surface area contributed by atoms with Gasteiger partial charge in [-0.05, 0) is 23.6 Å². The molecular formula is C9H7NO2S. The summed E-state index contributed by atoms with van der Waals surface area (Å²) in [5, 5.41) is 10.2. The number of fused-ring (bicyclic) bond motifs is 1. The van der Waals surface area contributed by atoms with Crippen LogP contribution in [0.4, 0.5) is 5.69 Å². The Hall–Kier alpha value is -1.55. The van der Waals surface area contributed by atoms with Crippen LogP contribution >= 0.6 is 11.3 Å². The smallest absolute Gasteiger partial charge is 0.172 e. The highest BCUT2D eigenvalue weighted by atomic mass is 32.1.